The van der Waals surface area contributed by atoms with Gasteiger partial charge in [-0.2, -0.15) is 0 Å². The van der Waals surface area contributed by atoms with Crippen molar-refractivity contribution in [2.75, 3.05) is 4.90 Å². The van der Waals surface area contributed by atoms with Gasteiger partial charge in [-0.25, -0.2) is 4.90 Å². The molecule has 1 aliphatic rings. The maximum Gasteiger partial charge on any atom is 0.283 e. The van der Waals surface area contributed by atoms with Crippen molar-refractivity contribution >= 4 is 45.8 Å². The summed E-state index contributed by atoms with van der Waals surface area (Å²) < 4.78 is 0.858. The highest BCUT2D eigenvalue weighted by atomic mass is 127. The number of fused-ring (bicyclic) bond motifs is 1. The van der Waals surface area contributed by atoms with E-state index in [1.165, 1.54) is 18.2 Å². The molecule has 1 heterocycles. The van der Waals surface area contributed by atoms with Gasteiger partial charge in [0.2, 0.25) is 0 Å². The molecule has 0 fully saturated rings. The fourth-order valence-electron chi connectivity index (χ4n) is 2.27. The van der Waals surface area contributed by atoms with E-state index in [0.717, 1.165) is 8.47 Å². The van der Waals surface area contributed by atoms with Crippen LogP contribution in [0.2, 0.25) is 0 Å². The number of nitro groups is 1. The number of benzene rings is 2. The molecule has 0 N–H and O–H groups in total. The van der Waals surface area contributed by atoms with Crippen LogP contribution in [0.1, 0.15) is 20.7 Å². The van der Waals surface area contributed by atoms with E-state index in [1.54, 1.807) is 18.2 Å². The van der Waals surface area contributed by atoms with Crippen molar-refractivity contribution in [1.29, 1.82) is 0 Å². The molecule has 7 heteroatoms. The van der Waals surface area contributed by atoms with Gasteiger partial charge in [0.05, 0.1) is 16.2 Å². The molecule has 0 aromatic heterocycles. The smallest absolute Gasteiger partial charge is 0.268 e. The topological polar surface area (TPSA) is 80.5 Å². The summed E-state index contributed by atoms with van der Waals surface area (Å²) in [4.78, 5) is 36.2. The lowest BCUT2D eigenvalue weighted by Crippen LogP contribution is -2.29. The predicted octanol–water partition coefficient (Wildman–Crippen LogP) is 3.00. The Morgan fingerprint density at radius 3 is 2.43 bits per heavy atom. The van der Waals surface area contributed by atoms with Crippen molar-refractivity contribution in [3.05, 3.63) is 67.3 Å². The van der Waals surface area contributed by atoms with Crippen LogP contribution in [-0.2, 0) is 0 Å². The maximum absolute atomic E-state index is 12.4. The number of hydrogen-bond donors (Lipinski definition) is 0. The van der Waals surface area contributed by atoms with Crippen LogP contribution in [0.15, 0.2) is 42.5 Å². The average Bonchev–Trinajstić information content (AvgIpc) is 2.71. The van der Waals surface area contributed by atoms with E-state index in [9.17, 15) is 19.7 Å². The van der Waals surface area contributed by atoms with E-state index in [0.29, 0.717) is 5.69 Å². The van der Waals surface area contributed by atoms with Gasteiger partial charge in [-0.15, -0.1) is 0 Å². The van der Waals surface area contributed by atoms with Crippen molar-refractivity contribution in [3.8, 4) is 0 Å². The normalized spacial score (nSPS) is 13.5. The largest absolute Gasteiger partial charge is 0.283 e. The third-order valence-electron chi connectivity index (χ3n) is 3.16. The van der Waals surface area contributed by atoms with Gasteiger partial charge in [0.25, 0.3) is 17.5 Å². The Balaban J connectivity index is 2.18. The summed E-state index contributed by atoms with van der Waals surface area (Å²) in [5.74, 6) is -1.20. The molecule has 2 aromatic rings. The quantitative estimate of drug-likeness (QED) is 0.340. The lowest BCUT2D eigenvalue weighted by atomic mass is 10.1. The molecule has 104 valence electrons. The molecule has 1 aliphatic heterocycles. The number of carbonyl (C=O) groups is 2. The first-order chi connectivity index (χ1) is 10.0. The Morgan fingerprint density at radius 2 is 1.76 bits per heavy atom. The van der Waals surface area contributed by atoms with E-state index in [1.807, 2.05) is 6.07 Å². The number of anilines is 1. The zero-order chi connectivity index (χ0) is 15.1. The molecule has 21 heavy (non-hydrogen) atoms. The summed E-state index contributed by atoms with van der Waals surface area (Å²) in [5.41, 5.74) is -0.0270. The Kier molecular flexibility index (Phi) is 3.20. The van der Waals surface area contributed by atoms with E-state index in [2.05, 4.69) is 22.6 Å². The fourth-order valence-corrected chi connectivity index (χ4v) is 2.80. The van der Waals surface area contributed by atoms with Gasteiger partial charge in [0.1, 0.15) is 5.56 Å². The Morgan fingerprint density at radius 1 is 1.05 bits per heavy atom. The van der Waals surface area contributed by atoms with Gasteiger partial charge in [0, 0.05) is 9.64 Å². The van der Waals surface area contributed by atoms with Crippen molar-refractivity contribution in [1.82, 2.24) is 0 Å². The molecular formula is C14H7IN2O4. The van der Waals surface area contributed by atoms with Crippen molar-refractivity contribution < 1.29 is 14.5 Å². The van der Waals surface area contributed by atoms with Gasteiger partial charge < -0.3 is 0 Å². The summed E-state index contributed by atoms with van der Waals surface area (Å²) in [6, 6.07) is 10.9. The summed E-state index contributed by atoms with van der Waals surface area (Å²) in [7, 11) is 0. The second kappa shape index (κ2) is 4.92. The lowest BCUT2D eigenvalue weighted by Gasteiger charge is -2.13. The lowest BCUT2D eigenvalue weighted by molar-refractivity contribution is -0.385. The number of nitrogens with zero attached hydrogens (tertiary/aromatic N) is 2. The standard InChI is InChI=1S/C14H7IN2O4/c15-8-3-1-4-9(7-8)16-13(18)10-5-2-6-11(17(20)21)12(10)14(16)19/h1-7H. The molecule has 2 amide bonds. The predicted molar refractivity (Wildman–Crippen MR) is 83.4 cm³/mol. The van der Waals surface area contributed by atoms with E-state index in [-0.39, 0.29) is 16.8 Å². The number of carbonyl (C=O) groups excluding carboxylic acids is 2. The number of imide groups is 1. The summed E-state index contributed by atoms with van der Waals surface area (Å²) in [6.45, 7) is 0. The van der Waals surface area contributed by atoms with Crippen LogP contribution >= 0.6 is 22.6 Å². The molecule has 0 aliphatic carbocycles. The Labute approximate surface area is 132 Å². The SMILES string of the molecule is O=C1c2cccc([N+](=O)[O-])c2C(=O)N1c1cccc(I)c1. The van der Waals surface area contributed by atoms with Gasteiger partial charge in [-0.05, 0) is 46.9 Å². The first kappa shape index (κ1) is 13.7. The molecule has 0 atom stereocenters. The Bertz CT molecular complexity index is 803. The van der Waals surface area contributed by atoms with Gasteiger partial charge in [-0.1, -0.05) is 12.1 Å². The third kappa shape index (κ3) is 2.09. The maximum atomic E-state index is 12.4. The molecule has 0 unspecified atom stereocenters. The van der Waals surface area contributed by atoms with Crippen LogP contribution in [0.4, 0.5) is 11.4 Å². The molecular weight excluding hydrogens is 387 g/mol. The first-order valence-corrected chi connectivity index (χ1v) is 7.00. The van der Waals surface area contributed by atoms with Crippen LogP contribution in [0.5, 0.6) is 0 Å². The molecule has 0 saturated carbocycles. The number of rotatable bonds is 2. The number of hydrogen-bond acceptors (Lipinski definition) is 4. The summed E-state index contributed by atoms with van der Waals surface area (Å²) in [5, 5.41) is 11.0. The van der Waals surface area contributed by atoms with Gasteiger partial charge in [-0.3, -0.25) is 19.7 Å². The van der Waals surface area contributed by atoms with Crippen molar-refractivity contribution in [3.63, 3.8) is 0 Å². The molecule has 0 bridgehead atoms. The zero-order valence-electron chi connectivity index (χ0n) is 10.4. The Hall–Kier alpha value is -2.29. The number of halogens is 1. The molecule has 2 aromatic carbocycles. The average molecular weight is 394 g/mol. The highest BCUT2D eigenvalue weighted by Gasteiger charge is 2.41. The molecule has 0 saturated heterocycles. The third-order valence-corrected chi connectivity index (χ3v) is 3.83. The van der Waals surface area contributed by atoms with Crippen LogP contribution in [-0.4, -0.2) is 16.7 Å². The second-order valence-corrected chi connectivity index (χ2v) is 5.63. The van der Waals surface area contributed by atoms with Crippen LogP contribution in [0.25, 0.3) is 0 Å². The van der Waals surface area contributed by atoms with Crippen molar-refractivity contribution in [2.45, 2.75) is 0 Å². The number of amides is 2. The zero-order valence-corrected chi connectivity index (χ0v) is 12.6. The van der Waals surface area contributed by atoms with E-state index >= 15 is 0 Å². The molecule has 0 spiro atoms. The van der Waals surface area contributed by atoms with E-state index in [4.69, 9.17) is 0 Å². The van der Waals surface area contributed by atoms with E-state index < -0.39 is 16.7 Å². The molecule has 3 rings (SSSR count). The number of nitro benzene ring substituents is 1. The fraction of sp³-hybridized carbons (Fsp3) is 0. The van der Waals surface area contributed by atoms with Gasteiger partial charge >= 0.3 is 0 Å². The molecule has 0 radical (unpaired) electrons. The summed E-state index contributed by atoms with van der Waals surface area (Å²) in [6.07, 6.45) is 0. The van der Waals surface area contributed by atoms with Crippen LogP contribution in [0.3, 0.4) is 0 Å². The molecule has 6 nitrogen and oxygen atoms in total. The van der Waals surface area contributed by atoms with Crippen LogP contribution < -0.4 is 4.90 Å². The van der Waals surface area contributed by atoms with Gasteiger partial charge in [0.15, 0.2) is 0 Å². The monoisotopic (exact) mass is 394 g/mol. The minimum Gasteiger partial charge on any atom is -0.268 e. The van der Waals surface area contributed by atoms with Crippen LogP contribution in [0, 0.1) is 13.7 Å². The second-order valence-electron chi connectivity index (χ2n) is 4.38. The van der Waals surface area contributed by atoms with Crippen molar-refractivity contribution in [2.24, 2.45) is 0 Å². The summed E-state index contributed by atoms with van der Waals surface area (Å²) >= 11 is 2.07. The minimum absolute atomic E-state index is 0.0630. The minimum atomic E-state index is -0.663. The first-order valence-electron chi connectivity index (χ1n) is 5.92. The highest BCUT2D eigenvalue weighted by Crippen LogP contribution is 2.34. The highest BCUT2D eigenvalue weighted by molar-refractivity contribution is 14.1.